The van der Waals surface area contributed by atoms with Gasteiger partial charge < -0.3 is 15.2 Å². The fourth-order valence-corrected chi connectivity index (χ4v) is 2.25. The van der Waals surface area contributed by atoms with Crippen LogP contribution in [-0.2, 0) is 4.79 Å². The molecule has 0 spiro atoms. The van der Waals surface area contributed by atoms with Crippen molar-refractivity contribution in [3.63, 3.8) is 0 Å². The number of hydrogen-bond donors (Lipinski definition) is 3. The highest BCUT2D eigenvalue weighted by Crippen LogP contribution is 2.22. The smallest absolute Gasteiger partial charge is 0.341 e. The van der Waals surface area contributed by atoms with Crippen LogP contribution in [0, 0.1) is 6.92 Å². The van der Waals surface area contributed by atoms with E-state index in [1.807, 2.05) is 19.1 Å². The van der Waals surface area contributed by atoms with Gasteiger partial charge in [0, 0.05) is 16.3 Å². The first kappa shape index (κ1) is 18.7. The second kappa shape index (κ2) is 9.00. The van der Waals surface area contributed by atoms with E-state index < -0.39 is 12.6 Å². The van der Waals surface area contributed by atoms with Crippen LogP contribution < -0.4 is 15.5 Å². The number of benzene rings is 2. The molecule has 0 bridgehead atoms. The molecule has 130 valence electrons. The van der Waals surface area contributed by atoms with Crippen molar-refractivity contribution in [3.05, 3.63) is 58.6 Å². The lowest BCUT2D eigenvalue weighted by Crippen LogP contribution is -2.24. The third-order valence-electron chi connectivity index (χ3n) is 3.16. The number of anilines is 1. The molecule has 0 fully saturated rings. The minimum absolute atomic E-state index is 0.297. The molecule has 2 rings (SSSR count). The fourth-order valence-electron chi connectivity index (χ4n) is 1.91. The standard InChI is InChI=1S/C17H16ClN3O3S/c1-11-13(18)6-4-7-14(11)20-17(25)21-19-9-12-5-2-3-8-15(12)24-10-16(22)23/h2-9H,10H2,1H3,(H,22,23)(H2,20,21,25)/b19-9-. The Bertz CT molecular complexity index is 811. The van der Waals surface area contributed by atoms with E-state index in [0.717, 1.165) is 11.3 Å². The first-order valence-electron chi connectivity index (χ1n) is 7.26. The average molecular weight is 378 g/mol. The van der Waals surface area contributed by atoms with Gasteiger partial charge in [-0.05, 0) is 49.0 Å². The van der Waals surface area contributed by atoms with Crippen molar-refractivity contribution in [3.8, 4) is 5.75 Å². The summed E-state index contributed by atoms with van der Waals surface area (Å²) in [5.74, 6) is -0.632. The zero-order valence-electron chi connectivity index (χ0n) is 13.3. The van der Waals surface area contributed by atoms with E-state index in [0.29, 0.717) is 21.4 Å². The minimum Gasteiger partial charge on any atom is -0.481 e. The number of para-hydroxylation sites is 1. The molecule has 0 unspecified atom stereocenters. The topological polar surface area (TPSA) is 83.0 Å². The molecule has 2 aromatic rings. The van der Waals surface area contributed by atoms with Gasteiger partial charge in [0.05, 0.1) is 6.21 Å². The summed E-state index contributed by atoms with van der Waals surface area (Å²) in [6, 6.07) is 12.4. The van der Waals surface area contributed by atoms with Crippen molar-refractivity contribution >= 4 is 46.8 Å². The van der Waals surface area contributed by atoms with Gasteiger partial charge in [-0.3, -0.25) is 5.43 Å². The van der Waals surface area contributed by atoms with Crippen molar-refractivity contribution in [1.82, 2.24) is 5.43 Å². The zero-order chi connectivity index (χ0) is 18.2. The molecule has 0 aromatic heterocycles. The highest BCUT2D eigenvalue weighted by molar-refractivity contribution is 7.80. The van der Waals surface area contributed by atoms with Crippen molar-refractivity contribution in [1.29, 1.82) is 0 Å². The molecule has 6 nitrogen and oxygen atoms in total. The van der Waals surface area contributed by atoms with Crippen molar-refractivity contribution < 1.29 is 14.6 Å². The molecule has 0 heterocycles. The predicted octanol–water partition coefficient (Wildman–Crippen LogP) is 3.43. The van der Waals surface area contributed by atoms with Crippen LogP contribution >= 0.6 is 23.8 Å². The van der Waals surface area contributed by atoms with Crippen LogP contribution in [0.15, 0.2) is 47.6 Å². The summed E-state index contributed by atoms with van der Waals surface area (Å²) in [5, 5.41) is 16.7. The molecule has 2 aromatic carbocycles. The van der Waals surface area contributed by atoms with E-state index in [9.17, 15) is 4.79 Å². The van der Waals surface area contributed by atoms with Crippen LogP contribution in [0.25, 0.3) is 0 Å². The molecule has 0 saturated carbocycles. The van der Waals surface area contributed by atoms with E-state index in [2.05, 4.69) is 15.8 Å². The Morgan fingerprint density at radius 2 is 2.08 bits per heavy atom. The maximum atomic E-state index is 10.6. The first-order chi connectivity index (χ1) is 12.0. The molecular weight excluding hydrogens is 362 g/mol. The van der Waals surface area contributed by atoms with Crippen molar-refractivity contribution in [2.75, 3.05) is 11.9 Å². The Morgan fingerprint density at radius 1 is 1.32 bits per heavy atom. The van der Waals surface area contributed by atoms with Crippen LogP contribution in [0.3, 0.4) is 0 Å². The van der Waals surface area contributed by atoms with E-state index in [4.69, 9.17) is 33.7 Å². The average Bonchev–Trinajstić information content (AvgIpc) is 2.58. The highest BCUT2D eigenvalue weighted by Gasteiger charge is 2.05. The van der Waals surface area contributed by atoms with Gasteiger partial charge in [-0.25, -0.2) is 4.79 Å². The van der Waals surface area contributed by atoms with Gasteiger partial charge in [-0.1, -0.05) is 29.8 Å². The molecule has 25 heavy (non-hydrogen) atoms. The number of carboxylic acids is 1. The van der Waals surface area contributed by atoms with Gasteiger partial charge in [0.25, 0.3) is 0 Å². The van der Waals surface area contributed by atoms with Crippen LogP contribution in [0.5, 0.6) is 5.75 Å². The lowest BCUT2D eigenvalue weighted by atomic mass is 10.2. The predicted molar refractivity (Wildman–Crippen MR) is 103 cm³/mol. The van der Waals surface area contributed by atoms with Crippen molar-refractivity contribution in [2.45, 2.75) is 6.92 Å². The number of halogens is 1. The normalized spacial score (nSPS) is 10.5. The van der Waals surface area contributed by atoms with Crippen LogP contribution in [-0.4, -0.2) is 29.0 Å². The Kier molecular flexibility index (Phi) is 6.73. The van der Waals surface area contributed by atoms with Crippen molar-refractivity contribution in [2.24, 2.45) is 5.10 Å². The summed E-state index contributed by atoms with van der Waals surface area (Å²) in [6.07, 6.45) is 1.50. The summed E-state index contributed by atoms with van der Waals surface area (Å²) in [6.45, 7) is 1.46. The largest absolute Gasteiger partial charge is 0.481 e. The van der Waals surface area contributed by atoms with Gasteiger partial charge >= 0.3 is 5.97 Å². The molecule has 0 atom stereocenters. The van der Waals surface area contributed by atoms with Gasteiger partial charge in [0.15, 0.2) is 11.7 Å². The number of nitrogens with zero attached hydrogens (tertiary/aromatic N) is 1. The summed E-state index contributed by atoms with van der Waals surface area (Å²) >= 11 is 11.2. The lowest BCUT2D eigenvalue weighted by Gasteiger charge is -2.11. The molecule has 0 aliphatic carbocycles. The Labute approximate surface area is 155 Å². The molecule has 0 aliphatic heterocycles. The minimum atomic E-state index is -1.05. The summed E-state index contributed by atoms with van der Waals surface area (Å²) < 4.78 is 5.20. The second-order valence-corrected chi connectivity index (χ2v) is 5.77. The molecule has 0 amide bonds. The number of hydrogen-bond acceptors (Lipinski definition) is 4. The Balaban J connectivity index is 1.97. The first-order valence-corrected chi connectivity index (χ1v) is 8.05. The number of hydrazone groups is 1. The maximum absolute atomic E-state index is 10.6. The van der Waals surface area contributed by atoms with Gasteiger partial charge in [0.1, 0.15) is 5.75 Å². The lowest BCUT2D eigenvalue weighted by molar-refractivity contribution is -0.139. The monoisotopic (exact) mass is 377 g/mol. The molecule has 0 radical (unpaired) electrons. The molecule has 0 saturated heterocycles. The van der Waals surface area contributed by atoms with Gasteiger partial charge in [-0.15, -0.1) is 0 Å². The summed E-state index contributed by atoms with van der Waals surface area (Å²) in [5.41, 5.74) is 4.98. The van der Waals surface area contributed by atoms with Crippen LogP contribution in [0.4, 0.5) is 5.69 Å². The number of thiocarbonyl (C=S) groups is 1. The molecule has 3 N–H and O–H groups in total. The van der Waals surface area contributed by atoms with Crippen LogP contribution in [0.1, 0.15) is 11.1 Å². The molecule has 8 heteroatoms. The van der Waals surface area contributed by atoms with Crippen LogP contribution in [0.2, 0.25) is 5.02 Å². The number of carboxylic acid groups (broad SMARTS) is 1. The van der Waals surface area contributed by atoms with Gasteiger partial charge in [0.2, 0.25) is 0 Å². The van der Waals surface area contributed by atoms with E-state index in [1.165, 1.54) is 6.21 Å². The zero-order valence-corrected chi connectivity index (χ0v) is 14.9. The van der Waals surface area contributed by atoms with E-state index in [1.54, 1.807) is 30.3 Å². The van der Waals surface area contributed by atoms with Gasteiger partial charge in [-0.2, -0.15) is 5.10 Å². The van der Waals surface area contributed by atoms with E-state index in [-0.39, 0.29) is 0 Å². The number of carbonyl (C=O) groups is 1. The molecule has 0 aliphatic rings. The number of ether oxygens (including phenoxy) is 1. The number of nitrogens with one attached hydrogen (secondary N) is 2. The SMILES string of the molecule is Cc1c(Cl)cccc1NC(=S)N/N=C\c1ccccc1OCC(=O)O. The third-order valence-corrected chi connectivity index (χ3v) is 3.76. The Morgan fingerprint density at radius 3 is 2.84 bits per heavy atom. The summed E-state index contributed by atoms with van der Waals surface area (Å²) in [7, 11) is 0. The number of aliphatic carboxylic acids is 1. The third kappa shape index (κ3) is 5.74. The number of rotatable bonds is 6. The fraction of sp³-hybridized carbons (Fsp3) is 0.118. The Hall–Kier alpha value is -2.64. The second-order valence-electron chi connectivity index (χ2n) is 4.96. The quantitative estimate of drug-likeness (QED) is 0.406. The molecular formula is C17H16ClN3O3S. The maximum Gasteiger partial charge on any atom is 0.341 e. The summed E-state index contributed by atoms with van der Waals surface area (Å²) in [4.78, 5) is 10.6. The highest BCUT2D eigenvalue weighted by atomic mass is 35.5. The van der Waals surface area contributed by atoms with E-state index >= 15 is 0 Å².